The first-order chi connectivity index (χ1) is 9.87. The van der Waals surface area contributed by atoms with Crippen LogP contribution in [0.5, 0.6) is 0 Å². The molecule has 4 unspecified atom stereocenters. The lowest BCUT2D eigenvalue weighted by molar-refractivity contribution is -0.143. The van der Waals surface area contributed by atoms with Crippen LogP contribution < -0.4 is 0 Å². The monoisotopic (exact) mass is 333 g/mol. The summed E-state index contributed by atoms with van der Waals surface area (Å²) in [6.07, 6.45) is 2.84. The maximum absolute atomic E-state index is 12.4. The van der Waals surface area contributed by atoms with Crippen molar-refractivity contribution in [3.05, 3.63) is 0 Å². The quantitative estimate of drug-likeness (QED) is 0.799. The van der Waals surface area contributed by atoms with Crippen LogP contribution in [0, 0.1) is 5.92 Å². The number of thioether (sulfide) groups is 1. The van der Waals surface area contributed by atoms with E-state index in [1.54, 1.807) is 4.90 Å². The number of aliphatic carboxylic acids is 1. The van der Waals surface area contributed by atoms with Crippen molar-refractivity contribution in [3.63, 3.8) is 0 Å². The maximum Gasteiger partial charge on any atom is 0.308 e. The highest BCUT2D eigenvalue weighted by atomic mass is 32.2. The van der Waals surface area contributed by atoms with Gasteiger partial charge in [0.1, 0.15) is 0 Å². The highest BCUT2D eigenvalue weighted by Gasteiger charge is 2.51. The highest BCUT2D eigenvalue weighted by molar-refractivity contribution is 8.02. The number of carbonyl (C=O) groups is 2. The normalized spacial score (nSPS) is 37.0. The van der Waals surface area contributed by atoms with E-state index in [9.17, 15) is 23.1 Å². The Morgan fingerprint density at radius 2 is 2.00 bits per heavy atom. The molecule has 1 amide bonds. The largest absolute Gasteiger partial charge is 0.481 e. The standard InChI is InChI=1S/C13H19NO5S2/c15-12(6-20-9-3-4-21(18,19)7-9)14-8-1-2-11(14)10(5-8)13(16)17/h8-11H,1-7H2,(H,16,17). The average Bonchev–Trinajstić information content (AvgIpc) is 3.08. The van der Waals surface area contributed by atoms with Crippen LogP contribution in [0.25, 0.3) is 0 Å². The molecule has 6 nitrogen and oxygen atoms in total. The number of rotatable bonds is 4. The molecule has 3 heterocycles. The zero-order valence-corrected chi connectivity index (χ0v) is 13.2. The fourth-order valence-corrected chi connectivity index (χ4v) is 7.31. The summed E-state index contributed by atoms with van der Waals surface area (Å²) in [5.74, 6) is -0.621. The number of amides is 1. The molecule has 0 aromatic rings. The van der Waals surface area contributed by atoms with Crippen molar-refractivity contribution in [2.75, 3.05) is 17.3 Å². The van der Waals surface area contributed by atoms with Crippen molar-refractivity contribution in [1.82, 2.24) is 4.90 Å². The fraction of sp³-hybridized carbons (Fsp3) is 0.846. The van der Waals surface area contributed by atoms with E-state index in [-0.39, 0.29) is 40.5 Å². The number of carbonyl (C=O) groups excluding carboxylic acids is 1. The third-order valence-corrected chi connectivity index (χ3v) is 8.04. The Balaban J connectivity index is 1.56. The van der Waals surface area contributed by atoms with Crippen LogP contribution in [0.3, 0.4) is 0 Å². The lowest BCUT2D eigenvalue weighted by Crippen LogP contribution is -2.39. The zero-order chi connectivity index (χ0) is 15.2. The maximum atomic E-state index is 12.4. The van der Waals surface area contributed by atoms with Gasteiger partial charge in [0, 0.05) is 17.3 Å². The summed E-state index contributed by atoms with van der Waals surface area (Å²) >= 11 is 1.40. The van der Waals surface area contributed by atoms with E-state index < -0.39 is 21.7 Å². The Kier molecular flexibility index (Phi) is 3.94. The minimum Gasteiger partial charge on any atom is -0.481 e. The number of hydrogen-bond acceptors (Lipinski definition) is 5. The molecular weight excluding hydrogens is 314 g/mol. The van der Waals surface area contributed by atoms with E-state index in [4.69, 9.17) is 0 Å². The van der Waals surface area contributed by atoms with Crippen LogP contribution in [-0.4, -0.2) is 64.9 Å². The van der Waals surface area contributed by atoms with Gasteiger partial charge in [-0.3, -0.25) is 9.59 Å². The minimum absolute atomic E-state index is 0.00877. The van der Waals surface area contributed by atoms with Crippen molar-refractivity contribution in [1.29, 1.82) is 0 Å². The van der Waals surface area contributed by atoms with Gasteiger partial charge in [0.25, 0.3) is 0 Å². The van der Waals surface area contributed by atoms with Crippen molar-refractivity contribution in [2.24, 2.45) is 5.92 Å². The topological polar surface area (TPSA) is 91.8 Å². The Hall–Kier alpha value is -0.760. The molecule has 0 aromatic heterocycles. The first kappa shape index (κ1) is 15.1. The lowest BCUT2D eigenvalue weighted by Gasteiger charge is -2.23. The molecule has 2 bridgehead atoms. The average molecular weight is 333 g/mol. The molecular formula is C13H19NO5S2. The molecule has 4 atom stereocenters. The molecule has 3 rings (SSSR count). The van der Waals surface area contributed by atoms with Crippen molar-refractivity contribution in [2.45, 2.75) is 43.0 Å². The summed E-state index contributed by atoms with van der Waals surface area (Å²) in [4.78, 5) is 25.3. The van der Waals surface area contributed by atoms with E-state index in [0.717, 1.165) is 12.8 Å². The molecule has 118 valence electrons. The summed E-state index contributed by atoms with van der Waals surface area (Å²) in [6.45, 7) is 0. The Bertz CT molecular complexity index is 561. The van der Waals surface area contributed by atoms with Gasteiger partial charge in [-0.25, -0.2) is 8.42 Å². The second kappa shape index (κ2) is 5.46. The van der Waals surface area contributed by atoms with Crippen LogP contribution in [0.15, 0.2) is 0 Å². The van der Waals surface area contributed by atoms with Gasteiger partial charge in [-0.15, -0.1) is 11.8 Å². The number of carboxylic acids is 1. The van der Waals surface area contributed by atoms with E-state index in [0.29, 0.717) is 12.8 Å². The van der Waals surface area contributed by atoms with Gasteiger partial charge >= 0.3 is 5.97 Å². The summed E-state index contributed by atoms with van der Waals surface area (Å²) in [5, 5.41) is 9.19. The molecule has 3 saturated heterocycles. The number of hydrogen-bond donors (Lipinski definition) is 1. The van der Waals surface area contributed by atoms with Gasteiger partial charge in [0.2, 0.25) is 5.91 Å². The molecule has 0 saturated carbocycles. The minimum atomic E-state index is -2.92. The van der Waals surface area contributed by atoms with Crippen molar-refractivity contribution < 1.29 is 23.1 Å². The van der Waals surface area contributed by atoms with Gasteiger partial charge in [-0.05, 0) is 25.7 Å². The Morgan fingerprint density at radius 1 is 1.24 bits per heavy atom. The van der Waals surface area contributed by atoms with Crippen LogP contribution in [0.1, 0.15) is 25.7 Å². The molecule has 0 radical (unpaired) electrons. The molecule has 8 heteroatoms. The van der Waals surface area contributed by atoms with E-state index >= 15 is 0 Å². The van der Waals surface area contributed by atoms with Crippen LogP contribution in [0.4, 0.5) is 0 Å². The third kappa shape index (κ3) is 2.92. The number of carboxylic acid groups (broad SMARTS) is 1. The second-order valence-electron chi connectivity index (χ2n) is 6.12. The zero-order valence-electron chi connectivity index (χ0n) is 11.6. The van der Waals surface area contributed by atoms with Gasteiger partial charge in [-0.1, -0.05) is 0 Å². The second-order valence-corrected chi connectivity index (χ2v) is 9.63. The molecule has 0 aromatic carbocycles. The van der Waals surface area contributed by atoms with Crippen molar-refractivity contribution in [3.8, 4) is 0 Å². The summed E-state index contributed by atoms with van der Waals surface area (Å²) in [7, 11) is -2.92. The first-order valence-corrected chi connectivity index (χ1v) is 10.1. The fourth-order valence-electron chi connectivity index (χ4n) is 3.80. The molecule has 0 spiro atoms. The number of fused-ring (bicyclic) bond motifs is 2. The third-order valence-electron chi connectivity index (χ3n) is 4.78. The molecule has 3 aliphatic rings. The first-order valence-electron chi connectivity index (χ1n) is 7.23. The SMILES string of the molecule is O=C(O)C1CC2CCC1N2C(=O)CSC1CCS(=O)(=O)C1. The van der Waals surface area contributed by atoms with E-state index in [1.807, 2.05) is 0 Å². The molecule has 3 aliphatic heterocycles. The molecule has 3 fully saturated rings. The van der Waals surface area contributed by atoms with E-state index in [2.05, 4.69) is 0 Å². The molecule has 1 N–H and O–H groups in total. The van der Waals surface area contributed by atoms with Gasteiger partial charge in [0.05, 0.1) is 23.2 Å². The van der Waals surface area contributed by atoms with E-state index in [1.165, 1.54) is 11.8 Å². The number of nitrogens with zero attached hydrogens (tertiary/aromatic N) is 1. The predicted molar refractivity (Wildman–Crippen MR) is 78.9 cm³/mol. The summed E-state index contributed by atoms with van der Waals surface area (Å²) in [6, 6.07) is -0.0931. The van der Waals surface area contributed by atoms with Crippen LogP contribution in [-0.2, 0) is 19.4 Å². The smallest absolute Gasteiger partial charge is 0.308 e. The molecule has 0 aliphatic carbocycles. The Morgan fingerprint density at radius 3 is 2.57 bits per heavy atom. The lowest BCUT2D eigenvalue weighted by atomic mass is 9.89. The van der Waals surface area contributed by atoms with Gasteiger partial charge < -0.3 is 10.0 Å². The predicted octanol–water partition coefficient (Wildman–Crippen LogP) is 0.371. The summed E-state index contributed by atoms with van der Waals surface area (Å²) < 4.78 is 22.8. The molecule has 21 heavy (non-hydrogen) atoms. The van der Waals surface area contributed by atoms with Gasteiger partial charge in [0.15, 0.2) is 9.84 Å². The van der Waals surface area contributed by atoms with Gasteiger partial charge in [-0.2, -0.15) is 0 Å². The highest BCUT2D eigenvalue weighted by Crippen LogP contribution is 2.42. The summed E-state index contributed by atoms with van der Waals surface area (Å²) in [5.41, 5.74) is 0. The van der Waals surface area contributed by atoms with Crippen molar-refractivity contribution >= 4 is 33.5 Å². The van der Waals surface area contributed by atoms with Crippen LogP contribution >= 0.6 is 11.8 Å². The number of sulfone groups is 1. The Labute approximate surface area is 128 Å². The van der Waals surface area contributed by atoms with Crippen LogP contribution in [0.2, 0.25) is 0 Å².